The minimum Gasteiger partial charge on any atom is -0.489 e. The van der Waals surface area contributed by atoms with Crippen LogP contribution in [0.4, 0.5) is 4.39 Å². The van der Waals surface area contributed by atoms with Crippen molar-refractivity contribution >= 4 is 12.0 Å². The lowest BCUT2D eigenvalue weighted by molar-refractivity contribution is -0.116. The van der Waals surface area contributed by atoms with E-state index in [2.05, 4.69) is 11.9 Å². The maximum absolute atomic E-state index is 13.1. The van der Waals surface area contributed by atoms with Crippen LogP contribution in [0.1, 0.15) is 11.1 Å². The van der Waals surface area contributed by atoms with Crippen molar-refractivity contribution in [3.63, 3.8) is 0 Å². The molecule has 36 heavy (non-hydrogen) atoms. The molecule has 1 heterocycles. The molecule has 0 radical (unpaired) electrons. The fourth-order valence-electron chi connectivity index (χ4n) is 3.45. The average molecular weight is 479 g/mol. The zero-order valence-corrected chi connectivity index (χ0v) is 19.4. The summed E-state index contributed by atoms with van der Waals surface area (Å²) in [6.45, 7) is 4.14. The number of hydrogen-bond acceptors (Lipinski definition) is 4. The standard InChI is InChI=1S/C29H23FN4O2/c1-2-16-32-29(35)23(18-31)17-24-19-34(26-6-4-3-5-7-26)33-28(24)22-10-14-27(15-11-22)36-20-21-8-12-25(30)13-9-21/h2-15,17,19H,1,16,20H2,(H,32,35). The van der Waals surface area contributed by atoms with Crippen molar-refractivity contribution in [2.24, 2.45) is 0 Å². The highest BCUT2D eigenvalue weighted by atomic mass is 19.1. The number of benzene rings is 3. The molecule has 6 nitrogen and oxygen atoms in total. The molecule has 3 aromatic carbocycles. The first-order chi connectivity index (χ1) is 17.6. The number of ether oxygens (including phenoxy) is 1. The van der Waals surface area contributed by atoms with Gasteiger partial charge in [-0.15, -0.1) is 6.58 Å². The third-order valence-electron chi connectivity index (χ3n) is 5.28. The topological polar surface area (TPSA) is 79.9 Å². The van der Waals surface area contributed by atoms with Crippen LogP contribution in [0.25, 0.3) is 23.0 Å². The molecule has 0 atom stereocenters. The number of hydrogen-bond donors (Lipinski definition) is 1. The number of nitrogens with zero attached hydrogens (tertiary/aromatic N) is 3. The van der Waals surface area contributed by atoms with Crippen LogP contribution in [-0.2, 0) is 11.4 Å². The van der Waals surface area contributed by atoms with Crippen LogP contribution in [0, 0.1) is 17.1 Å². The Morgan fingerprint density at radius 1 is 1.08 bits per heavy atom. The smallest absolute Gasteiger partial charge is 0.262 e. The normalized spacial score (nSPS) is 10.9. The summed E-state index contributed by atoms with van der Waals surface area (Å²) < 4.78 is 20.6. The Hall–Kier alpha value is -4.96. The SMILES string of the molecule is C=CCNC(=O)C(C#N)=Cc1cn(-c2ccccc2)nc1-c1ccc(OCc2ccc(F)cc2)cc1. The first-order valence-corrected chi connectivity index (χ1v) is 11.2. The van der Waals surface area contributed by atoms with Gasteiger partial charge in [0.15, 0.2) is 0 Å². The van der Waals surface area contributed by atoms with Gasteiger partial charge in [-0.25, -0.2) is 9.07 Å². The summed E-state index contributed by atoms with van der Waals surface area (Å²) in [5.41, 5.74) is 3.66. The number of rotatable bonds is 9. The van der Waals surface area contributed by atoms with Crippen molar-refractivity contribution in [1.82, 2.24) is 15.1 Å². The van der Waals surface area contributed by atoms with Gasteiger partial charge in [-0.05, 0) is 60.2 Å². The lowest BCUT2D eigenvalue weighted by atomic mass is 10.1. The second-order valence-electron chi connectivity index (χ2n) is 7.82. The van der Waals surface area contributed by atoms with Crippen LogP contribution >= 0.6 is 0 Å². The Bertz CT molecular complexity index is 1420. The summed E-state index contributed by atoms with van der Waals surface area (Å²) >= 11 is 0. The van der Waals surface area contributed by atoms with Gasteiger partial charge in [-0.2, -0.15) is 10.4 Å². The lowest BCUT2D eigenvalue weighted by Gasteiger charge is -2.07. The molecule has 0 spiro atoms. The van der Waals surface area contributed by atoms with Gasteiger partial charge in [0.1, 0.15) is 29.8 Å². The average Bonchev–Trinajstić information content (AvgIpc) is 3.34. The van der Waals surface area contributed by atoms with E-state index in [0.717, 1.165) is 16.8 Å². The molecule has 1 amide bonds. The zero-order chi connectivity index (χ0) is 25.3. The molecule has 0 fully saturated rings. The van der Waals surface area contributed by atoms with Crippen molar-refractivity contribution < 1.29 is 13.9 Å². The largest absolute Gasteiger partial charge is 0.489 e. The molecular formula is C29H23FN4O2. The number of aromatic nitrogens is 2. The van der Waals surface area contributed by atoms with E-state index in [9.17, 15) is 14.4 Å². The van der Waals surface area contributed by atoms with Crippen LogP contribution in [0.2, 0.25) is 0 Å². The first-order valence-electron chi connectivity index (χ1n) is 11.2. The van der Waals surface area contributed by atoms with Gasteiger partial charge in [-0.1, -0.05) is 36.4 Å². The van der Waals surface area contributed by atoms with E-state index in [-0.39, 0.29) is 17.9 Å². The van der Waals surface area contributed by atoms with Crippen LogP contribution in [0.15, 0.2) is 103 Å². The molecule has 0 aliphatic heterocycles. The lowest BCUT2D eigenvalue weighted by Crippen LogP contribution is -2.24. The van der Waals surface area contributed by atoms with Gasteiger partial charge in [0, 0.05) is 23.9 Å². The van der Waals surface area contributed by atoms with Crippen LogP contribution in [0.3, 0.4) is 0 Å². The Labute approximate surface area is 208 Å². The van der Waals surface area contributed by atoms with Crippen LogP contribution in [-0.4, -0.2) is 22.2 Å². The third kappa shape index (κ3) is 5.93. The van der Waals surface area contributed by atoms with E-state index in [1.54, 1.807) is 29.1 Å². The van der Waals surface area contributed by atoms with E-state index in [1.807, 2.05) is 60.7 Å². The Morgan fingerprint density at radius 3 is 2.47 bits per heavy atom. The second kappa shape index (κ2) is 11.4. The fourth-order valence-corrected chi connectivity index (χ4v) is 3.45. The molecular weight excluding hydrogens is 455 g/mol. The number of nitriles is 1. The molecule has 4 rings (SSSR count). The van der Waals surface area contributed by atoms with Gasteiger partial charge in [0.25, 0.3) is 5.91 Å². The number of nitrogens with one attached hydrogen (secondary N) is 1. The van der Waals surface area contributed by atoms with Crippen molar-refractivity contribution in [2.75, 3.05) is 6.54 Å². The predicted octanol–water partition coefficient (Wildman–Crippen LogP) is 5.47. The van der Waals surface area contributed by atoms with Crippen molar-refractivity contribution in [2.45, 2.75) is 6.61 Å². The summed E-state index contributed by atoms with van der Waals surface area (Å²) in [6, 6.07) is 25.0. The molecule has 1 aromatic heterocycles. The van der Waals surface area contributed by atoms with Crippen LogP contribution < -0.4 is 10.1 Å². The van der Waals surface area contributed by atoms with Gasteiger partial charge in [-0.3, -0.25) is 4.79 Å². The van der Waals surface area contributed by atoms with E-state index >= 15 is 0 Å². The van der Waals surface area contributed by atoms with Gasteiger partial charge >= 0.3 is 0 Å². The minimum absolute atomic E-state index is 0.0371. The number of para-hydroxylation sites is 1. The number of amides is 1. The van der Waals surface area contributed by atoms with Gasteiger partial charge in [0.05, 0.1) is 11.4 Å². The highest BCUT2D eigenvalue weighted by molar-refractivity contribution is 6.02. The summed E-state index contributed by atoms with van der Waals surface area (Å²) in [5.74, 6) is -0.134. The molecule has 0 saturated heterocycles. The summed E-state index contributed by atoms with van der Waals surface area (Å²) in [6.07, 6.45) is 4.85. The van der Waals surface area contributed by atoms with Crippen molar-refractivity contribution in [3.8, 4) is 28.8 Å². The Balaban J connectivity index is 1.64. The van der Waals surface area contributed by atoms with Gasteiger partial charge in [0.2, 0.25) is 0 Å². The summed E-state index contributed by atoms with van der Waals surface area (Å²) in [4.78, 5) is 12.4. The van der Waals surface area contributed by atoms with Crippen molar-refractivity contribution in [3.05, 3.63) is 120 Å². The monoisotopic (exact) mass is 478 g/mol. The third-order valence-corrected chi connectivity index (χ3v) is 5.28. The van der Waals surface area contributed by atoms with E-state index in [0.29, 0.717) is 23.6 Å². The maximum atomic E-state index is 13.1. The minimum atomic E-state index is -0.486. The Kier molecular flexibility index (Phi) is 7.69. The van der Waals surface area contributed by atoms with Crippen LogP contribution in [0.5, 0.6) is 5.75 Å². The molecule has 1 N–H and O–H groups in total. The molecule has 0 bridgehead atoms. The molecule has 4 aromatic rings. The fraction of sp³-hybridized carbons (Fsp3) is 0.0690. The number of halogens is 1. The molecule has 0 unspecified atom stereocenters. The molecule has 7 heteroatoms. The highest BCUT2D eigenvalue weighted by Crippen LogP contribution is 2.28. The predicted molar refractivity (Wildman–Crippen MR) is 137 cm³/mol. The van der Waals surface area contributed by atoms with E-state index in [4.69, 9.17) is 9.84 Å². The first kappa shape index (κ1) is 24.2. The van der Waals surface area contributed by atoms with E-state index < -0.39 is 5.91 Å². The second-order valence-corrected chi connectivity index (χ2v) is 7.82. The molecule has 0 saturated carbocycles. The van der Waals surface area contributed by atoms with E-state index in [1.165, 1.54) is 18.2 Å². The Morgan fingerprint density at radius 2 is 1.81 bits per heavy atom. The maximum Gasteiger partial charge on any atom is 0.262 e. The quantitative estimate of drug-likeness (QED) is 0.197. The highest BCUT2D eigenvalue weighted by Gasteiger charge is 2.15. The molecule has 178 valence electrons. The summed E-state index contributed by atoms with van der Waals surface area (Å²) in [7, 11) is 0. The number of carbonyl (C=O) groups is 1. The van der Waals surface area contributed by atoms with Crippen molar-refractivity contribution in [1.29, 1.82) is 5.26 Å². The zero-order valence-electron chi connectivity index (χ0n) is 19.4. The van der Waals surface area contributed by atoms with Gasteiger partial charge < -0.3 is 10.1 Å². The summed E-state index contributed by atoms with van der Waals surface area (Å²) in [5, 5.41) is 16.9. The molecule has 0 aliphatic carbocycles. The number of carbonyl (C=O) groups excluding carboxylic acids is 1. The molecule has 0 aliphatic rings.